The molecule has 0 amide bonds. The summed E-state index contributed by atoms with van der Waals surface area (Å²) in [5, 5.41) is 31.7. The van der Waals surface area contributed by atoms with Crippen LogP contribution in [-0.4, -0.2) is 0 Å². The Labute approximate surface area is 170 Å². The Bertz CT molecular complexity index is 927. The second-order valence-electron chi connectivity index (χ2n) is 5.01. The van der Waals surface area contributed by atoms with Crippen molar-refractivity contribution >= 4 is 0 Å². The second-order valence-corrected chi connectivity index (χ2v) is 5.01. The zero-order chi connectivity index (χ0) is 20.6. The van der Waals surface area contributed by atoms with Crippen molar-refractivity contribution < 1.29 is 47.1 Å². The average molecular weight is 426 g/mol. The molecule has 28 heavy (non-hydrogen) atoms. The summed E-state index contributed by atoms with van der Waals surface area (Å²) in [4.78, 5) is 31.4. The fourth-order valence-corrected chi connectivity index (χ4v) is 1.50. The number of hydrogen-bond donors (Lipinski definition) is 0. The molecule has 10 heteroatoms. The summed E-state index contributed by atoms with van der Waals surface area (Å²) in [6, 6.07) is 3.32. The normalized spacial score (nSPS) is 9.11. The van der Waals surface area contributed by atoms with Gasteiger partial charge < -0.3 is 28.6 Å². The molecular formula is C18H15O9V-3. The van der Waals surface area contributed by atoms with Crippen LogP contribution in [0, 0.1) is 20.8 Å². The molecule has 1 radical (unpaired) electrons. The van der Waals surface area contributed by atoms with Gasteiger partial charge in [-0.2, -0.15) is 0 Å². The van der Waals surface area contributed by atoms with E-state index in [0.29, 0.717) is 0 Å². The maximum Gasteiger partial charge on any atom is 0.177 e. The van der Waals surface area contributed by atoms with Crippen molar-refractivity contribution in [3.8, 4) is 17.2 Å². The first-order chi connectivity index (χ1) is 12.6. The third-order valence-corrected chi connectivity index (χ3v) is 3.02. The van der Waals surface area contributed by atoms with Crippen molar-refractivity contribution in [3.05, 3.63) is 84.9 Å². The Morgan fingerprint density at radius 3 is 0.929 bits per heavy atom. The van der Waals surface area contributed by atoms with E-state index in [4.69, 9.17) is 0 Å². The molecule has 0 fully saturated rings. The minimum Gasteiger partial charge on any atom is -0.868 e. The van der Waals surface area contributed by atoms with Gasteiger partial charge in [0.1, 0.15) is 0 Å². The first-order valence-electron chi connectivity index (χ1n) is 7.41. The summed E-state index contributed by atoms with van der Waals surface area (Å²) >= 11 is 0. The van der Waals surface area contributed by atoms with E-state index in [1.165, 1.54) is 39.6 Å². The molecule has 0 spiro atoms. The predicted octanol–water partition coefficient (Wildman–Crippen LogP) is 0.0630. The predicted molar refractivity (Wildman–Crippen MR) is 87.5 cm³/mol. The van der Waals surface area contributed by atoms with E-state index in [1.54, 1.807) is 0 Å². The van der Waals surface area contributed by atoms with Gasteiger partial charge >= 0.3 is 0 Å². The van der Waals surface area contributed by atoms with Gasteiger partial charge in [0.25, 0.3) is 0 Å². The van der Waals surface area contributed by atoms with Crippen LogP contribution in [0.2, 0.25) is 0 Å². The quantitative estimate of drug-likeness (QED) is 0.484. The molecule has 0 unspecified atom stereocenters. The molecule has 149 valence electrons. The Kier molecular flexibility index (Phi) is 10.2. The van der Waals surface area contributed by atoms with Gasteiger partial charge in [-0.3, -0.25) is 14.4 Å². The van der Waals surface area contributed by atoms with Crippen LogP contribution in [0.4, 0.5) is 0 Å². The van der Waals surface area contributed by atoms with Gasteiger partial charge in [0.05, 0.1) is 36.1 Å². The van der Waals surface area contributed by atoms with Gasteiger partial charge in [0.2, 0.25) is 0 Å². The summed E-state index contributed by atoms with van der Waals surface area (Å²) in [5.74, 6) is -1.25. The monoisotopic (exact) mass is 426 g/mol. The Hall–Kier alpha value is -3.17. The van der Waals surface area contributed by atoms with E-state index in [1.807, 2.05) is 0 Å². The molecule has 9 nitrogen and oxygen atoms in total. The molecule has 3 rings (SSSR count). The molecule has 3 heterocycles. The zero-order valence-corrected chi connectivity index (χ0v) is 16.5. The smallest absolute Gasteiger partial charge is 0.177 e. The maximum atomic E-state index is 10.6. The largest absolute Gasteiger partial charge is 0.868 e. The van der Waals surface area contributed by atoms with Gasteiger partial charge in [0, 0.05) is 36.8 Å². The molecule has 0 aromatic carbocycles. The van der Waals surface area contributed by atoms with Crippen LogP contribution in [0.15, 0.2) is 64.6 Å². The van der Waals surface area contributed by atoms with E-state index in [0.717, 1.165) is 18.2 Å². The van der Waals surface area contributed by atoms with Gasteiger partial charge in [-0.1, -0.05) is 0 Å². The van der Waals surface area contributed by atoms with Gasteiger partial charge in [0.15, 0.2) is 16.3 Å². The van der Waals surface area contributed by atoms with Crippen LogP contribution in [0.3, 0.4) is 0 Å². The summed E-state index contributed by atoms with van der Waals surface area (Å²) in [6.45, 7) is 4.39. The second kappa shape index (κ2) is 11.5. The van der Waals surface area contributed by atoms with Crippen molar-refractivity contribution in [2.24, 2.45) is 0 Å². The van der Waals surface area contributed by atoms with Crippen molar-refractivity contribution in [1.82, 2.24) is 0 Å². The standard InChI is InChI=1S/3C6H6O3.V/c3*1-4-6(8)5(7)2-3-9-4;/h3*2-3,8H,1H3;/p-3. The summed E-state index contributed by atoms with van der Waals surface area (Å²) in [5.41, 5.74) is -1.55. The van der Waals surface area contributed by atoms with E-state index in [2.05, 4.69) is 13.3 Å². The van der Waals surface area contributed by atoms with Crippen LogP contribution < -0.4 is 31.6 Å². The van der Waals surface area contributed by atoms with Crippen molar-refractivity contribution in [2.75, 3.05) is 0 Å². The third-order valence-electron chi connectivity index (χ3n) is 3.02. The maximum absolute atomic E-state index is 10.6. The van der Waals surface area contributed by atoms with E-state index >= 15 is 0 Å². The first-order valence-corrected chi connectivity index (χ1v) is 7.41. The van der Waals surface area contributed by atoms with Crippen LogP contribution in [-0.2, 0) is 18.6 Å². The molecule has 0 saturated heterocycles. The van der Waals surface area contributed by atoms with Gasteiger partial charge in [-0.05, 0) is 38.0 Å². The fraction of sp³-hybridized carbons (Fsp3) is 0.167. The molecule has 0 aliphatic rings. The topological polar surface area (TPSA) is 160 Å². The SMILES string of the molecule is Cc1occc(=O)c1[O-].Cc1occc(=O)c1[O-].Cc1occc(=O)c1[O-].[V]. The number of rotatable bonds is 0. The summed E-state index contributed by atoms with van der Waals surface area (Å²) in [6.07, 6.45) is 3.62. The average Bonchev–Trinajstić information content (AvgIpc) is 2.63. The molecule has 0 atom stereocenters. The number of hydrogen-bond acceptors (Lipinski definition) is 9. The number of aryl methyl sites for hydroxylation is 3. The Balaban J connectivity index is 0.000000384. The molecule has 3 aromatic rings. The van der Waals surface area contributed by atoms with E-state index in [-0.39, 0.29) is 35.8 Å². The molecule has 0 aliphatic heterocycles. The fourth-order valence-electron chi connectivity index (χ4n) is 1.50. The van der Waals surface area contributed by atoms with Crippen LogP contribution in [0.5, 0.6) is 17.2 Å². The zero-order valence-electron chi connectivity index (χ0n) is 15.1. The molecule has 0 aliphatic carbocycles. The Morgan fingerprint density at radius 1 is 0.571 bits per heavy atom. The summed E-state index contributed by atoms with van der Waals surface area (Å²) < 4.78 is 13.9. The first kappa shape index (κ1) is 24.8. The minimum absolute atomic E-state index is 0. The van der Waals surface area contributed by atoms with Crippen LogP contribution in [0.25, 0.3) is 0 Å². The third kappa shape index (κ3) is 7.22. The molecule has 0 N–H and O–H groups in total. The van der Waals surface area contributed by atoms with Crippen molar-refractivity contribution in [1.29, 1.82) is 0 Å². The van der Waals surface area contributed by atoms with Crippen LogP contribution in [0.1, 0.15) is 17.3 Å². The van der Waals surface area contributed by atoms with E-state index < -0.39 is 33.5 Å². The summed E-state index contributed by atoms with van der Waals surface area (Å²) in [7, 11) is 0. The van der Waals surface area contributed by atoms with Crippen LogP contribution >= 0.6 is 0 Å². The minimum atomic E-state index is -0.558. The Morgan fingerprint density at radius 2 is 0.786 bits per heavy atom. The van der Waals surface area contributed by atoms with Gasteiger partial charge in [-0.25, -0.2) is 0 Å². The molecule has 3 aromatic heterocycles. The van der Waals surface area contributed by atoms with Crippen molar-refractivity contribution in [3.63, 3.8) is 0 Å². The molecular weight excluding hydrogens is 411 g/mol. The van der Waals surface area contributed by atoms with E-state index in [9.17, 15) is 29.7 Å². The van der Waals surface area contributed by atoms with Crippen molar-refractivity contribution in [2.45, 2.75) is 20.8 Å². The van der Waals surface area contributed by atoms with Gasteiger partial charge in [-0.15, -0.1) is 0 Å². The molecule has 0 bridgehead atoms. The molecule has 0 saturated carbocycles.